The smallest absolute Gasteiger partial charge is 0.221 e. The molecule has 0 spiro atoms. The maximum atomic E-state index is 3.67. The Kier molecular flexibility index (Phi) is 3.93. The maximum Gasteiger partial charge on any atom is 0.221 e. The van der Waals surface area contributed by atoms with E-state index in [1.54, 1.807) is 0 Å². The Labute approximate surface area is 118 Å². The van der Waals surface area contributed by atoms with Gasteiger partial charge in [0.1, 0.15) is 0 Å². The number of nitrogens with one attached hydrogen (secondary N) is 1. The molecule has 1 aliphatic heterocycles. The molecule has 1 aliphatic rings. The van der Waals surface area contributed by atoms with Crippen LogP contribution in [-0.4, -0.2) is 23.8 Å². The van der Waals surface area contributed by atoms with Crippen LogP contribution in [0.4, 0.5) is 0 Å². The number of thioether (sulfide) groups is 2. The summed E-state index contributed by atoms with van der Waals surface area (Å²) in [6.07, 6.45) is 4.32. The average molecular weight is 278 g/mol. The Hall–Kier alpha value is -0.670. The van der Waals surface area contributed by atoms with E-state index in [1.807, 2.05) is 23.5 Å². The molecule has 3 heteroatoms. The molecule has 0 amide bonds. The minimum Gasteiger partial charge on any atom is -0.231 e. The van der Waals surface area contributed by atoms with Gasteiger partial charge in [0.25, 0.3) is 0 Å². The molecule has 1 aromatic carbocycles. The topological polar surface area (TPSA) is 14.0 Å². The lowest BCUT2D eigenvalue weighted by molar-refractivity contribution is -0.523. The first-order valence-corrected chi connectivity index (χ1v) is 8.50. The minimum atomic E-state index is 0.0397. The predicted molar refractivity (Wildman–Crippen MR) is 84.4 cm³/mol. The fourth-order valence-electron chi connectivity index (χ4n) is 2.29. The van der Waals surface area contributed by atoms with Gasteiger partial charge in [0.2, 0.25) is 5.71 Å². The molecule has 0 aliphatic carbocycles. The van der Waals surface area contributed by atoms with Crippen molar-refractivity contribution in [3.63, 3.8) is 0 Å². The van der Waals surface area contributed by atoms with Crippen molar-refractivity contribution in [1.82, 2.24) is 0 Å². The third kappa shape index (κ3) is 2.39. The fourth-order valence-corrected chi connectivity index (χ4v) is 4.45. The first-order chi connectivity index (χ1) is 8.49. The third-order valence-electron chi connectivity index (χ3n) is 3.19. The highest BCUT2D eigenvalue weighted by Gasteiger charge is 2.40. The van der Waals surface area contributed by atoms with E-state index in [-0.39, 0.29) is 5.54 Å². The predicted octanol–water partition coefficient (Wildman–Crippen LogP) is 2.59. The summed E-state index contributed by atoms with van der Waals surface area (Å²) < 4.78 is 0. The van der Waals surface area contributed by atoms with Gasteiger partial charge in [-0.25, -0.2) is 4.99 Å². The van der Waals surface area contributed by atoms with E-state index < -0.39 is 0 Å². The standard InChI is InChI=1S/C15H19NS2/c1-10-6-8-11(9-7-10)12-13(17-4)14(18-5)15(2,3)16-12/h6-9H,1-5H3/p+1. The van der Waals surface area contributed by atoms with Gasteiger partial charge in [-0.05, 0) is 31.6 Å². The van der Waals surface area contributed by atoms with Crippen molar-refractivity contribution in [1.29, 1.82) is 0 Å². The van der Waals surface area contributed by atoms with E-state index in [1.165, 1.54) is 26.6 Å². The van der Waals surface area contributed by atoms with Crippen LogP contribution >= 0.6 is 23.5 Å². The highest BCUT2D eigenvalue weighted by atomic mass is 32.2. The van der Waals surface area contributed by atoms with Crippen LogP contribution in [0.2, 0.25) is 0 Å². The van der Waals surface area contributed by atoms with Gasteiger partial charge in [0.15, 0.2) is 5.54 Å². The lowest BCUT2D eigenvalue weighted by atomic mass is 10.1. The van der Waals surface area contributed by atoms with Gasteiger partial charge in [-0.15, -0.1) is 23.5 Å². The van der Waals surface area contributed by atoms with Gasteiger partial charge in [0, 0.05) is 19.4 Å². The number of rotatable bonds is 3. The summed E-state index contributed by atoms with van der Waals surface area (Å²) in [5.74, 6) is 0. The van der Waals surface area contributed by atoms with E-state index >= 15 is 0 Å². The maximum absolute atomic E-state index is 3.67. The fraction of sp³-hybridized carbons (Fsp3) is 0.400. The monoisotopic (exact) mass is 278 g/mol. The van der Waals surface area contributed by atoms with Crippen LogP contribution in [0.1, 0.15) is 25.0 Å². The molecule has 2 rings (SSSR count). The molecule has 1 N–H and O–H groups in total. The molecular weight excluding hydrogens is 258 g/mol. The Morgan fingerprint density at radius 2 is 1.61 bits per heavy atom. The van der Waals surface area contributed by atoms with Crippen molar-refractivity contribution in [3.05, 3.63) is 45.2 Å². The second kappa shape index (κ2) is 5.14. The number of hydrogen-bond acceptors (Lipinski definition) is 2. The van der Waals surface area contributed by atoms with Gasteiger partial charge in [-0.3, -0.25) is 0 Å². The van der Waals surface area contributed by atoms with Gasteiger partial charge in [0.05, 0.1) is 9.81 Å². The van der Waals surface area contributed by atoms with Gasteiger partial charge >= 0.3 is 0 Å². The Morgan fingerprint density at radius 3 is 2.11 bits per heavy atom. The number of benzene rings is 1. The average Bonchev–Trinajstić information content (AvgIpc) is 2.60. The quantitative estimate of drug-likeness (QED) is 0.913. The van der Waals surface area contributed by atoms with E-state index in [0.717, 1.165) is 0 Å². The van der Waals surface area contributed by atoms with E-state index in [4.69, 9.17) is 0 Å². The second-order valence-corrected chi connectivity index (χ2v) is 6.69. The van der Waals surface area contributed by atoms with Gasteiger partial charge in [-0.2, -0.15) is 0 Å². The normalized spacial score (nSPS) is 18.2. The summed E-state index contributed by atoms with van der Waals surface area (Å²) >= 11 is 3.68. The molecule has 0 atom stereocenters. The van der Waals surface area contributed by atoms with Crippen LogP contribution in [0, 0.1) is 6.92 Å². The molecule has 0 aromatic heterocycles. The molecule has 1 nitrogen and oxygen atoms in total. The Bertz CT molecular complexity index is 510. The summed E-state index contributed by atoms with van der Waals surface area (Å²) in [6, 6.07) is 8.75. The highest BCUT2D eigenvalue weighted by Crippen LogP contribution is 2.35. The third-order valence-corrected chi connectivity index (χ3v) is 5.26. The van der Waals surface area contributed by atoms with Crippen molar-refractivity contribution in [2.75, 3.05) is 12.5 Å². The number of aryl methyl sites for hydroxylation is 1. The molecular formula is C15H20NS2+. The summed E-state index contributed by atoms with van der Waals surface area (Å²) in [6.45, 7) is 6.62. The lowest BCUT2D eigenvalue weighted by Gasteiger charge is -2.11. The van der Waals surface area contributed by atoms with Crippen LogP contribution in [0.5, 0.6) is 0 Å². The molecule has 96 valence electrons. The Balaban J connectivity index is 2.51. The molecule has 18 heavy (non-hydrogen) atoms. The van der Waals surface area contributed by atoms with Gasteiger partial charge < -0.3 is 0 Å². The zero-order valence-corrected chi connectivity index (χ0v) is 13.3. The first-order valence-electron chi connectivity index (χ1n) is 6.05. The molecule has 0 fully saturated rings. The SMILES string of the molecule is CSC1=C(SC)C(C)(C)[NH+]=C1c1ccc(C)cc1. The largest absolute Gasteiger partial charge is 0.231 e. The summed E-state index contributed by atoms with van der Waals surface area (Å²) in [7, 11) is 0. The molecule has 0 saturated heterocycles. The zero-order valence-electron chi connectivity index (χ0n) is 11.6. The Morgan fingerprint density at radius 1 is 1.00 bits per heavy atom. The molecule has 0 unspecified atom stereocenters. The zero-order chi connectivity index (χ0) is 13.3. The van der Waals surface area contributed by atoms with Gasteiger partial charge in [-0.1, -0.05) is 17.7 Å². The van der Waals surface area contributed by atoms with Crippen LogP contribution in [0.25, 0.3) is 0 Å². The molecule has 1 aromatic rings. The van der Waals surface area contributed by atoms with Crippen LogP contribution < -0.4 is 4.99 Å². The molecule has 0 radical (unpaired) electrons. The van der Waals surface area contributed by atoms with Crippen molar-refractivity contribution >= 4 is 29.2 Å². The van der Waals surface area contributed by atoms with Crippen molar-refractivity contribution < 1.29 is 4.99 Å². The van der Waals surface area contributed by atoms with Crippen LogP contribution in [-0.2, 0) is 0 Å². The summed E-state index contributed by atoms with van der Waals surface area (Å²) in [5.41, 5.74) is 3.90. The number of allylic oxidation sites excluding steroid dienone is 1. The van der Waals surface area contributed by atoms with E-state index in [9.17, 15) is 0 Å². The molecule has 0 bridgehead atoms. The number of hydrogen-bond donors (Lipinski definition) is 1. The molecule has 1 heterocycles. The van der Waals surface area contributed by atoms with E-state index in [2.05, 4.69) is 62.5 Å². The van der Waals surface area contributed by atoms with Crippen molar-refractivity contribution in [2.45, 2.75) is 26.3 Å². The van der Waals surface area contributed by atoms with Crippen molar-refractivity contribution in [3.8, 4) is 0 Å². The lowest BCUT2D eigenvalue weighted by Crippen LogP contribution is -2.83. The first kappa shape index (κ1) is 13.8. The van der Waals surface area contributed by atoms with E-state index in [0.29, 0.717) is 0 Å². The van der Waals surface area contributed by atoms with Crippen molar-refractivity contribution in [2.24, 2.45) is 0 Å². The summed E-state index contributed by atoms with van der Waals surface area (Å²) in [4.78, 5) is 6.49. The molecule has 0 saturated carbocycles. The summed E-state index contributed by atoms with van der Waals surface area (Å²) in [5, 5.41) is 0. The van der Waals surface area contributed by atoms with Crippen LogP contribution in [0.15, 0.2) is 34.1 Å². The highest BCUT2D eigenvalue weighted by molar-refractivity contribution is 8.06. The minimum absolute atomic E-state index is 0.0397. The second-order valence-electron chi connectivity index (χ2n) is 5.06. The van der Waals surface area contributed by atoms with Crippen LogP contribution in [0.3, 0.4) is 0 Å².